The first-order valence-electron chi connectivity index (χ1n) is 11.9. The Morgan fingerprint density at radius 3 is 1.28 bits per heavy atom. The molecule has 0 atom stereocenters. The summed E-state index contributed by atoms with van der Waals surface area (Å²) < 4.78 is 0. The van der Waals surface area contributed by atoms with Crippen LogP contribution in [0.1, 0.15) is 116 Å². The predicted molar refractivity (Wildman–Crippen MR) is 108 cm³/mol. The molecule has 4 saturated carbocycles. The van der Waals surface area contributed by atoms with Gasteiger partial charge in [-0.25, -0.2) is 0 Å². The van der Waals surface area contributed by atoms with E-state index < -0.39 is 0 Å². The van der Waals surface area contributed by atoms with Crippen molar-refractivity contribution in [2.24, 2.45) is 29.6 Å². The molecule has 0 saturated heterocycles. The van der Waals surface area contributed by atoms with Gasteiger partial charge < -0.3 is 5.11 Å². The fraction of sp³-hybridized carbons (Fsp3) is 1.00. The number of rotatable bonds is 2. The highest BCUT2D eigenvalue weighted by molar-refractivity contribution is 4.80. The molecule has 0 spiro atoms. The molecule has 0 aromatic rings. The van der Waals surface area contributed by atoms with E-state index in [4.69, 9.17) is 0 Å². The molecule has 0 aromatic heterocycles. The molecule has 0 radical (unpaired) electrons. The Morgan fingerprint density at radius 2 is 0.800 bits per heavy atom. The Morgan fingerprint density at radius 1 is 0.440 bits per heavy atom. The lowest BCUT2D eigenvalue weighted by atomic mass is 9.71. The fourth-order valence-electron chi connectivity index (χ4n) is 6.36. The fourth-order valence-corrected chi connectivity index (χ4v) is 6.36. The maximum atomic E-state index is 9.37. The Bertz CT molecular complexity index is 337. The third kappa shape index (κ3) is 6.26. The van der Waals surface area contributed by atoms with Gasteiger partial charge in [0.15, 0.2) is 0 Å². The summed E-state index contributed by atoms with van der Waals surface area (Å²) in [5.41, 5.74) is 0. The van der Waals surface area contributed by atoms with Crippen LogP contribution in [0.5, 0.6) is 0 Å². The highest BCUT2D eigenvalue weighted by atomic mass is 16.3. The number of aliphatic hydroxyl groups is 1. The van der Waals surface area contributed by atoms with E-state index in [2.05, 4.69) is 6.92 Å². The molecule has 0 aliphatic heterocycles. The van der Waals surface area contributed by atoms with Gasteiger partial charge in [-0.05, 0) is 68.1 Å². The van der Waals surface area contributed by atoms with E-state index in [9.17, 15) is 5.11 Å². The quantitative estimate of drug-likeness (QED) is 0.563. The molecule has 0 unspecified atom stereocenters. The van der Waals surface area contributed by atoms with Gasteiger partial charge in [-0.1, -0.05) is 77.6 Å². The van der Waals surface area contributed by atoms with Crippen LogP contribution in [0, 0.1) is 29.6 Å². The van der Waals surface area contributed by atoms with E-state index in [1.54, 1.807) is 25.7 Å². The van der Waals surface area contributed by atoms with Crippen LogP contribution >= 0.6 is 0 Å². The van der Waals surface area contributed by atoms with E-state index in [1.807, 2.05) is 0 Å². The molecule has 1 nitrogen and oxygen atoms in total. The minimum Gasteiger partial charge on any atom is -0.393 e. The van der Waals surface area contributed by atoms with Crippen molar-refractivity contribution in [3.63, 3.8) is 0 Å². The van der Waals surface area contributed by atoms with Crippen molar-refractivity contribution < 1.29 is 5.11 Å². The lowest BCUT2D eigenvalue weighted by molar-refractivity contribution is 0.0918. The Balaban J connectivity index is 0.000000146. The summed E-state index contributed by atoms with van der Waals surface area (Å²) in [6.07, 6.45) is 24.4. The van der Waals surface area contributed by atoms with E-state index >= 15 is 0 Å². The lowest BCUT2D eigenvalue weighted by Gasteiger charge is -2.34. The summed E-state index contributed by atoms with van der Waals surface area (Å²) in [5, 5.41) is 9.37. The number of hydrogen-bond donors (Lipinski definition) is 1. The van der Waals surface area contributed by atoms with E-state index in [0.29, 0.717) is 0 Å². The van der Waals surface area contributed by atoms with Gasteiger partial charge in [0, 0.05) is 0 Å². The van der Waals surface area contributed by atoms with Crippen LogP contribution in [0.25, 0.3) is 0 Å². The number of aliphatic hydroxyl groups excluding tert-OH is 1. The van der Waals surface area contributed by atoms with Gasteiger partial charge in [-0.15, -0.1) is 0 Å². The molecule has 0 heterocycles. The first kappa shape index (κ1) is 19.7. The molecule has 146 valence electrons. The molecular formula is C24H44O. The summed E-state index contributed by atoms with van der Waals surface area (Å²) in [5.74, 6) is 5.27. The van der Waals surface area contributed by atoms with Gasteiger partial charge in [0.2, 0.25) is 0 Å². The van der Waals surface area contributed by atoms with E-state index in [-0.39, 0.29) is 6.10 Å². The van der Waals surface area contributed by atoms with Crippen LogP contribution in [0.3, 0.4) is 0 Å². The SMILES string of the molecule is CC1CCC(C2CCCCC2)CC1.OC1CCC(C2CCCC2)CC1. The molecule has 4 rings (SSSR count). The molecule has 4 aliphatic rings. The highest BCUT2D eigenvalue weighted by Gasteiger charge is 2.28. The second-order valence-electron chi connectivity index (χ2n) is 10.0. The summed E-state index contributed by atoms with van der Waals surface area (Å²) in [4.78, 5) is 0. The summed E-state index contributed by atoms with van der Waals surface area (Å²) in [6.45, 7) is 2.43. The third-order valence-corrected chi connectivity index (χ3v) is 8.18. The zero-order valence-corrected chi connectivity index (χ0v) is 16.9. The van der Waals surface area contributed by atoms with Crippen molar-refractivity contribution in [1.82, 2.24) is 0 Å². The molecule has 25 heavy (non-hydrogen) atoms. The number of hydrogen-bond acceptors (Lipinski definition) is 1. The molecular weight excluding hydrogens is 304 g/mol. The second-order valence-corrected chi connectivity index (χ2v) is 10.0. The van der Waals surface area contributed by atoms with Crippen LogP contribution in [0.4, 0.5) is 0 Å². The first-order chi connectivity index (χ1) is 12.2. The maximum absolute atomic E-state index is 9.37. The molecule has 0 bridgehead atoms. The molecule has 4 fully saturated rings. The van der Waals surface area contributed by atoms with Crippen molar-refractivity contribution in [3.8, 4) is 0 Å². The Kier molecular flexibility index (Phi) is 8.15. The second kappa shape index (κ2) is 10.3. The van der Waals surface area contributed by atoms with Gasteiger partial charge in [0.1, 0.15) is 0 Å². The average Bonchev–Trinajstić information content (AvgIpc) is 3.19. The van der Waals surface area contributed by atoms with E-state index in [0.717, 1.165) is 42.4 Å². The minimum absolute atomic E-state index is 0.0302. The van der Waals surface area contributed by atoms with Crippen molar-refractivity contribution >= 4 is 0 Å². The van der Waals surface area contributed by atoms with Crippen LogP contribution in [0.15, 0.2) is 0 Å². The minimum atomic E-state index is 0.0302. The Hall–Kier alpha value is -0.0400. The van der Waals surface area contributed by atoms with Crippen LogP contribution in [0.2, 0.25) is 0 Å². The zero-order chi connectivity index (χ0) is 17.5. The normalized spacial score (nSPS) is 38.2. The topological polar surface area (TPSA) is 20.2 Å². The van der Waals surface area contributed by atoms with Crippen LogP contribution in [-0.4, -0.2) is 11.2 Å². The molecule has 1 N–H and O–H groups in total. The predicted octanol–water partition coefficient (Wildman–Crippen LogP) is 7.12. The maximum Gasteiger partial charge on any atom is 0.0540 e. The molecule has 0 aromatic carbocycles. The van der Waals surface area contributed by atoms with Gasteiger partial charge in [-0.2, -0.15) is 0 Å². The summed E-state index contributed by atoms with van der Waals surface area (Å²) >= 11 is 0. The molecule has 0 amide bonds. The van der Waals surface area contributed by atoms with Crippen LogP contribution < -0.4 is 0 Å². The van der Waals surface area contributed by atoms with Gasteiger partial charge in [-0.3, -0.25) is 0 Å². The first-order valence-corrected chi connectivity index (χ1v) is 11.9. The van der Waals surface area contributed by atoms with Crippen molar-refractivity contribution in [2.45, 2.75) is 122 Å². The van der Waals surface area contributed by atoms with Crippen molar-refractivity contribution in [2.75, 3.05) is 0 Å². The lowest BCUT2D eigenvalue weighted by Crippen LogP contribution is -2.22. The highest BCUT2D eigenvalue weighted by Crippen LogP contribution is 2.40. The van der Waals surface area contributed by atoms with Gasteiger partial charge in [0.05, 0.1) is 6.10 Å². The van der Waals surface area contributed by atoms with Gasteiger partial charge in [0.25, 0.3) is 0 Å². The smallest absolute Gasteiger partial charge is 0.0540 e. The standard InChI is InChI=1S/C13H24.C11H20O/c1-11-7-9-13(10-8-11)12-5-3-2-4-6-12;12-11-7-5-10(6-8-11)9-3-1-2-4-9/h11-13H,2-10H2,1H3;9-12H,1-8H2. The van der Waals surface area contributed by atoms with Crippen molar-refractivity contribution in [3.05, 3.63) is 0 Å². The van der Waals surface area contributed by atoms with Gasteiger partial charge >= 0.3 is 0 Å². The molecule has 1 heteroatoms. The van der Waals surface area contributed by atoms with Crippen LogP contribution in [-0.2, 0) is 0 Å². The largest absolute Gasteiger partial charge is 0.393 e. The zero-order valence-electron chi connectivity index (χ0n) is 16.9. The third-order valence-electron chi connectivity index (χ3n) is 8.18. The van der Waals surface area contributed by atoms with E-state index in [1.165, 1.54) is 70.6 Å². The summed E-state index contributed by atoms with van der Waals surface area (Å²) in [7, 11) is 0. The molecule has 4 aliphatic carbocycles. The monoisotopic (exact) mass is 348 g/mol. The van der Waals surface area contributed by atoms with Crippen molar-refractivity contribution in [1.29, 1.82) is 0 Å². The Labute approximate surface area is 157 Å². The average molecular weight is 349 g/mol. The summed E-state index contributed by atoms with van der Waals surface area (Å²) in [6, 6.07) is 0.